The minimum atomic E-state index is 0.262. The molecule has 24 heavy (non-hydrogen) atoms. The Bertz CT molecular complexity index is 694. The van der Waals surface area contributed by atoms with Gasteiger partial charge in [-0.15, -0.1) is 0 Å². The maximum absolute atomic E-state index is 12.6. The van der Waals surface area contributed by atoms with E-state index in [0.29, 0.717) is 19.0 Å². The van der Waals surface area contributed by atoms with Crippen LogP contribution in [0.2, 0.25) is 0 Å². The summed E-state index contributed by atoms with van der Waals surface area (Å²) in [5.74, 6) is 0.262. The molecule has 1 fully saturated rings. The minimum absolute atomic E-state index is 0.262. The third kappa shape index (κ3) is 4.02. The van der Waals surface area contributed by atoms with Gasteiger partial charge in [0, 0.05) is 49.3 Å². The van der Waals surface area contributed by atoms with Gasteiger partial charge < -0.3 is 4.90 Å². The van der Waals surface area contributed by atoms with Gasteiger partial charge in [0.2, 0.25) is 5.91 Å². The minimum Gasteiger partial charge on any atom is -0.340 e. The van der Waals surface area contributed by atoms with Crippen LogP contribution in [-0.2, 0) is 17.8 Å². The number of pyridine rings is 1. The number of aryl methyl sites for hydroxylation is 4. The standard InChI is InChI=1S/C19H26N4O/c1-15-14-17(8-10-20-15)5-6-18-4-3-12-22(18)19(24)9-13-23-16(2)7-11-21-23/h7-8,10-11,14,18H,3-6,9,12-13H2,1-2H3. The van der Waals surface area contributed by atoms with Crippen molar-refractivity contribution in [1.29, 1.82) is 0 Å². The Morgan fingerprint density at radius 2 is 2.17 bits per heavy atom. The molecule has 0 spiro atoms. The molecule has 3 heterocycles. The number of rotatable bonds is 6. The highest BCUT2D eigenvalue weighted by Gasteiger charge is 2.28. The van der Waals surface area contributed by atoms with E-state index < -0.39 is 0 Å². The molecule has 5 nitrogen and oxygen atoms in total. The van der Waals surface area contributed by atoms with Gasteiger partial charge in [-0.1, -0.05) is 0 Å². The van der Waals surface area contributed by atoms with E-state index >= 15 is 0 Å². The molecule has 3 rings (SSSR count). The zero-order chi connectivity index (χ0) is 16.9. The Balaban J connectivity index is 1.52. The molecular weight excluding hydrogens is 300 g/mol. The van der Waals surface area contributed by atoms with Crippen LogP contribution in [0.4, 0.5) is 0 Å². The average molecular weight is 326 g/mol. The molecular formula is C19H26N4O. The van der Waals surface area contributed by atoms with Crippen LogP contribution in [0, 0.1) is 13.8 Å². The van der Waals surface area contributed by atoms with Crippen LogP contribution in [0.15, 0.2) is 30.6 Å². The van der Waals surface area contributed by atoms with Gasteiger partial charge in [-0.25, -0.2) is 0 Å². The molecule has 0 N–H and O–H groups in total. The number of aromatic nitrogens is 3. The smallest absolute Gasteiger partial charge is 0.224 e. The fraction of sp³-hybridized carbons (Fsp3) is 0.526. The SMILES string of the molecule is Cc1cc(CCC2CCCN2C(=O)CCn2nccc2C)ccn1. The van der Waals surface area contributed by atoms with Crippen molar-refractivity contribution < 1.29 is 4.79 Å². The number of carbonyl (C=O) groups is 1. The fourth-order valence-electron chi connectivity index (χ4n) is 3.54. The molecule has 2 aromatic heterocycles. The molecule has 0 saturated carbocycles. The largest absolute Gasteiger partial charge is 0.340 e. The topological polar surface area (TPSA) is 51.0 Å². The lowest BCUT2D eigenvalue weighted by Gasteiger charge is -2.25. The molecule has 0 aliphatic carbocycles. The molecule has 2 aromatic rings. The molecule has 1 unspecified atom stereocenters. The predicted molar refractivity (Wildman–Crippen MR) is 93.6 cm³/mol. The number of amides is 1. The molecule has 1 aliphatic rings. The normalized spacial score (nSPS) is 17.4. The van der Waals surface area contributed by atoms with Gasteiger partial charge in [-0.3, -0.25) is 14.5 Å². The molecule has 1 aliphatic heterocycles. The third-order valence-electron chi connectivity index (χ3n) is 4.89. The highest BCUT2D eigenvalue weighted by molar-refractivity contribution is 5.76. The molecule has 1 amide bonds. The van der Waals surface area contributed by atoms with Gasteiger partial charge in [-0.05, 0) is 63.3 Å². The van der Waals surface area contributed by atoms with Crippen LogP contribution in [0.3, 0.4) is 0 Å². The highest BCUT2D eigenvalue weighted by atomic mass is 16.2. The fourth-order valence-corrected chi connectivity index (χ4v) is 3.54. The predicted octanol–water partition coefficient (Wildman–Crippen LogP) is 2.91. The number of hydrogen-bond donors (Lipinski definition) is 0. The first kappa shape index (κ1) is 16.7. The second-order valence-corrected chi connectivity index (χ2v) is 6.67. The number of carbonyl (C=O) groups excluding carboxylic acids is 1. The van der Waals surface area contributed by atoms with Crippen LogP contribution >= 0.6 is 0 Å². The average Bonchev–Trinajstić information content (AvgIpc) is 3.19. The quantitative estimate of drug-likeness (QED) is 0.820. The van der Waals surface area contributed by atoms with E-state index in [1.807, 2.05) is 30.8 Å². The van der Waals surface area contributed by atoms with Crippen LogP contribution in [0.25, 0.3) is 0 Å². The molecule has 1 saturated heterocycles. The Morgan fingerprint density at radius 1 is 1.29 bits per heavy atom. The number of nitrogens with zero attached hydrogens (tertiary/aromatic N) is 4. The lowest BCUT2D eigenvalue weighted by molar-refractivity contribution is -0.132. The summed E-state index contributed by atoms with van der Waals surface area (Å²) in [6, 6.07) is 6.57. The maximum atomic E-state index is 12.6. The zero-order valence-electron chi connectivity index (χ0n) is 14.6. The zero-order valence-corrected chi connectivity index (χ0v) is 14.6. The number of hydrogen-bond acceptors (Lipinski definition) is 3. The van der Waals surface area contributed by atoms with Gasteiger partial charge in [-0.2, -0.15) is 5.10 Å². The van der Waals surface area contributed by atoms with Crippen LogP contribution < -0.4 is 0 Å². The van der Waals surface area contributed by atoms with E-state index in [1.54, 1.807) is 6.20 Å². The van der Waals surface area contributed by atoms with Crippen molar-refractivity contribution in [2.24, 2.45) is 0 Å². The maximum Gasteiger partial charge on any atom is 0.224 e. The summed E-state index contributed by atoms with van der Waals surface area (Å²) in [6.45, 7) is 5.61. The first-order chi connectivity index (χ1) is 11.6. The number of likely N-dealkylation sites (tertiary alicyclic amines) is 1. The van der Waals surface area contributed by atoms with Crippen molar-refractivity contribution >= 4 is 5.91 Å². The van der Waals surface area contributed by atoms with Crippen LogP contribution in [0.1, 0.15) is 42.6 Å². The highest BCUT2D eigenvalue weighted by Crippen LogP contribution is 2.23. The van der Waals surface area contributed by atoms with E-state index in [1.165, 1.54) is 5.56 Å². The lowest BCUT2D eigenvalue weighted by Crippen LogP contribution is -2.36. The molecule has 0 radical (unpaired) electrons. The van der Waals surface area contributed by atoms with Crippen LogP contribution in [-0.4, -0.2) is 38.2 Å². The van der Waals surface area contributed by atoms with Crippen molar-refractivity contribution in [2.75, 3.05) is 6.54 Å². The van der Waals surface area contributed by atoms with E-state index in [2.05, 4.69) is 27.1 Å². The Labute approximate surface area is 143 Å². The second kappa shape index (κ2) is 7.60. The summed E-state index contributed by atoms with van der Waals surface area (Å²) < 4.78 is 1.91. The van der Waals surface area contributed by atoms with E-state index in [4.69, 9.17) is 0 Å². The van der Waals surface area contributed by atoms with E-state index in [0.717, 1.165) is 43.6 Å². The summed E-state index contributed by atoms with van der Waals surface area (Å²) in [5.41, 5.74) is 3.48. The Hall–Kier alpha value is -2.17. The van der Waals surface area contributed by atoms with Crippen molar-refractivity contribution in [3.8, 4) is 0 Å². The van der Waals surface area contributed by atoms with E-state index in [-0.39, 0.29) is 5.91 Å². The molecule has 5 heteroatoms. The summed E-state index contributed by atoms with van der Waals surface area (Å²) >= 11 is 0. The Kier molecular flexibility index (Phi) is 5.28. The Morgan fingerprint density at radius 3 is 2.92 bits per heavy atom. The van der Waals surface area contributed by atoms with Crippen molar-refractivity contribution in [3.63, 3.8) is 0 Å². The van der Waals surface area contributed by atoms with Crippen molar-refractivity contribution in [2.45, 2.75) is 58.5 Å². The summed E-state index contributed by atoms with van der Waals surface area (Å²) in [7, 11) is 0. The van der Waals surface area contributed by atoms with Gasteiger partial charge in [0.15, 0.2) is 0 Å². The van der Waals surface area contributed by atoms with Crippen molar-refractivity contribution in [3.05, 3.63) is 47.5 Å². The molecule has 128 valence electrons. The van der Waals surface area contributed by atoms with Gasteiger partial charge in [0.1, 0.15) is 0 Å². The summed E-state index contributed by atoms with van der Waals surface area (Å²) in [4.78, 5) is 18.9. The molecule has 0 aromatic carbocycles. The second-order valence-electron chi connectivity index (χ2n) is 6.67. The molecule has 0 bridgehead atoms. The third-order valence-corrected chi connectivity index (χ3v) is 4.89. The monoisotopic (exact) mass is 326 g/mol. The first-order valence-corrected chi connectivity index (χ1v) is 8.83. The van der Waals surface area contributed by atoms with Gasteiger partial charge in [0.05, 0.1) is 0 Å². The van der Waals surface area contributed by atoms with Gasteiger partial charge in [0.25, 0.3) is 0 Å². The van der Waals surface area contributed by atoms with Gasteiger partial charge >= 0.3 is 0 Å². The van der Waals surface area contributed by atoms with Crippen LogP contribution in [0.5, 0.6) is 0 Å². The lowest BCUT2D eigenvalue weighted by atomic mass is 10.0. The van der Waals surface area contributed by atoms with Crippen molar-refractivity contribution in [1.82, 2.24) is 19.7 Å². The summed E-state index contributed by atoms with van der Waals surface area (Å²) in [5, 5.41) is 4.26. The summed E-state index contributed by atoms with van der Waals surface area (Å²) in [6.07, 6.45) is 8.48. The first-order valence-electron chi connectivity index (χ1n) is 8.83. The molecule has 1 atom stereocenters. The van der Waals surface area contributed by atoms with E-state index in [9.17, 15) is 4.79 Å².